The van der Waals surface area contributed by atoms with Crippen molar-refractivity contribution in [2.45, 2.75) is 11.8 Å². The van der Waals surface area contributed by atoms with Crippen LogP contribution < -0.4 is 0 Å². The Morgan fingerprint density at radius 1 is 0.480 bits per heavy atom. The molecule has 0 radical (unpaired) electrons. The van der Waals surface area contributed by atoms with E-state index in [-0.39, 0.29) is 5.75 Å². The summed E-state index contributed by atoms with van der Waals surface area (Å²) >= 11 is 6.05. The molecule has 0 unspecified atom stereocenters. The van der Waals surface area contributed by atoms with Crippen LogP contribution in [0.15, 0.2) is 146 Å². The molecule has 0 aromatic heterocycles. The van der Waals surface area contributed by atoms with Crippen molar-refractivity contribution in [3.63, 3.8) is 0 Å². The highest BCUT2D eigenvalue weighted by Crippen LogP contribution is 2.56. The predicted octanol–water partition coefficient (Wildman–Crippen LogP) is 11.0. The zero-order chi connectivity index (χ0) is 34.6. The maximum atomic E-state index is 14.4. The minimum absolute atomic E-state index is 0.122. The lowest BCUT2D eigenvalue weighted by atomic mass is 9.67. The summed E-state index contributed by atoms with van der Waals surface area (Å²) in [6, 6.07) is 44.3. The highest BCUT2D eigenvalue weighted by molar-refractivity contribution is 6.32. The van der Waals surface area contributed by atoms with Crippen LogP contribution in [-0.4, -0.2) is 15.3 Å². The normalized spacial score (nSPS) is 13.0. The van der Waals surface area contributed by atoms with Gasteiger partial charge in [0, 0.05) is 0 Å². The van der Waals surface area contributed by atoms with Crippen molar-refractivity contribution < 1.29 is 24.1 Å². The molecule has 2 aliphatic rings. The topological polar surface area (TPSA) is 60.7 Å². The van der Waals surface area contributed by atoms with Crippen LogP contribution in [0.5, 0.6) is 17.2 Å². The molecule has 3 nitrogen and oxygen atoms in total. The molecule has 0 saturated carbocycles. The second kappa shape index (κ2) is 12.2. The summed E-state index contributed by atoms with van der Waals surface area (Å²) in [4.78, 5) is 0. The Morgan fingerprint density at radius 2 is 0.980 bits per heavy atom. The van der Waals surface area contributed by atoms with E-state index in [9.17, 15) is 24.1 Å². The quantitative estimate of drug-likeness (QED) is 0.174. The molecule has 0 spiro atoms. The molecule has 0 amide bonds. The first-order valence-corrected chi connectivity index (χ1v) is 16.5. The van der Waals surface area contributed by atoms with Gasteiger partial charge in [-0.2, -0.15) is 0 Å². The van der Waals surface area contributed by atoms with Gasteiger partial charge in [0.15, 0.2) is 23.1 Å². The van der Waals surface area contributed by atoms with Gasteiger partial charge in [-0.1, -0.05) is 121 Å². The first kappa shape index (κ1) is 31.4. The van der Waals surface area contributed by atoms with Gasteiger partial charge < -0.3 is 15.3 Å². The fourth-order valence-corrected chi connectivity index (χ4v) is 7.79. The van der Waals surface area contributed by atoms with Crippen molar-refractivity contribution in [3.8, 4) is 50.6 Å². The molecule has 7 aromatic rings. The number of hydrogen-bond donors (Lipinski definition) is 3. The fraction of sp³-hybridized carbons (Fsp3) is 0.0455. The van der Waals surface area contributed by atoms with E-state index >= 15 is 0 Å². The third-order valence-electron chi connectivity index (χ3n) is 9.82. The molecule has 7 aromatic carbocycles. The molecule has 0 atom stereocenters. The number of aromatic hydroxyl groups is 3. The number of phenolic OH excluding ortho intramolecular Hbond substituents is 3. The Balaban J connectivity index is 0.000000152. The van der Waals surface area contributed by atoms with Gasteiger partial charge in [-0.05, 0) is 110 Å². The molecule has 0 saturated heterocycles. The summed E-state index contributed by atoms with van der Waals surface area (Å²) in [5.74, 6) is -2.26. The van der Waals surface area contributed by atoms with E-state index in [1.165, 1.54) is 52.1 Å². The molecule has 244 valence electrons. The van der Waals surface area contributed by atoms with Gasteiger partial charge in [0.2, 0.25) is 0 Å². The average Bonchev–Trinajstić information content (AvgIpc) is 3.67. The number of halogens is 3. The van der Waals surface area contributed by atoms with E-state index in [0.717, 1.165) is 34.2 Å². The smallest absolute Gasteiger partial charge is 0.165 e. The highest BCUT2D eigenvalue weighted by atomic mass is 35.5. The minimum Gasteiger partial charge on any atom is -0.506 e. The van der Waals surface area contributed by atoms with Gasteiger partial charge in [-0.15, -0.1) is 0 Å². The predicted molar refractivity (Wildman–Crippen MR) is 194 cm³/mol. The van der Waals surface area contributed by atoms with Crippen LogP contribution in [0, 0.1) is 11.6 Å². The lowest BCUT2D eigenvalue weighted by Gasteiger charge is -2.34. The zero-order valence-electron chi connectivity index (χ0n) is 26.5. The van der Waals surface area contributed by atoms with Gasteiger partial charge in [0.25, 0.3) is 0 Å². The molecule has 9 rings (SSSR count). The van der Waals surface area contributed by atoms with E-state index in [0.29, 0.717) is 16.1 Å². The van der Waals surface area contributed by atoms with Gasteiger partial charge in [-0.25, -0.2) is 8.78 Å². The standard InChI is InChI=1S/C25H16F2O2.C19H13ClO/c26-21-13-15(9-11-23(21)28)25(16-10-12-24(29)22(27)14-16)19-7-3-1-5-17(19)18-6-2-4-8-20(18)25;20-18-11-13(8-9-19(18)21)15-6-3-7-16-14-5-2-1-4-12(14)10-17(15)16/h1-14,28-29H;1-9,11,21H,10H2. The molecular formula is C44H29ClF2O3. The lowest BCUT2D eigenvalue weighted by Crippen LogP contribution is -2.28. The Labute approximate surface area is 293 Å². The largest absolute Gasteiger partial charge is 0.506 e. The van der Waals surface area contributed by atoms with Crippen LogP contribution in [0.25, 0.3) is 33.4 Å². The van der Waals surface area contributed by atoms with Crippen molar-refractivity contribution >= 4 is 11.6 Å². The van der Waals surface area contributed by atoms with Crippen LogP contribution in [0.4, 0.5) is 8.78 Å². The summed E-state index contributed by atoms with van der Waals surface area (Å²) in [5.41, 5.74) is 11.4. The molecule has 3 N–H and O–H groups in total. The van der Waals surface area contributed by atoms with E-state index < -0.39 is 28.5 Å². The summed E-state index contributed by atoms with van der Waals surface area (Å²) in [6.45, 7) is 0. The summed E-state index contributed by atoms with van der Waals surface area (Å²) < 4.78 is 28.9. The Kier molecular flexibility index (Phi) is 7.65. The van der Waals surface area contributed by atoms with Crippen molar-refractivity contribution in [2.24, 2.45) is 0 Å². The van der Waals surface area contributed by atoms with E-state index in [2.05, 4.69) is 42.5 Å². The number of phenols is 3. The Hall–Kier alpha value is -5.91. The van der Waals surface area contributed by atoms with E-state index in [1.54, 1.807) is 18.2 Å². The highest BCUT2D eigenvalue weighted by Gasteiger charge is 2.46. The maximum Gasteiger partial charge on any atom is 0.165 e. The molecule has 0 heterocycles. The average molecular weight is 679 g/mol. The molecule has 50 heavy (non-hydrogen) atoms. The monoisotopic (exact) mass is 678 g/mol. The number of benzene rings is 7. The number of rotatable bonds is 3. The van der Waals surface area contributed by atoms with Crippen LogP contribution in [0.2, 0.25) is 5.02 Å². The summed E-state index contributed by atoms with van der Waals surface area (Å²) in [6.07, 6.45) is 0.945. The zero-order valence-corrected chi connectivity index (χ0v) is 27.3. The van der Waals surface area contributed by atoms with Crippen LogP contribution in [0.3, 0.4) is 0 Å². The number of fused-ring (bicyclic) bond motifs is 6. The Bertz CT molecular complexity index is 2360. The Morgan fingerprint density at radius 3 is 1.56 bits per heavy atom. The fourth-order valence-electron chi connectivity index (χ4n) is 7.61. The van der Waals surface area contributed by atoms with Crippen LogP contribution in [0.1, 0.15) is 33.4 Å². The molecular weight excluding hydrogens is 650 g/mol. The molecule has 6 heteroatoms. The third kappa shape index (κ3) is 4.93. The maximum absolute atomic E-state index is 14.4. The molecule has 0 bridgehead atoms. The second-order valence-electron chi connectivity index (χ2n) is 12.5. The van der Waals surface area contributed by atoms with E-state index in [1.807, 2.05) is 60.7 Å². The first-order chi connectivity index (χ1) is 24.3. The number of hydrogen-bond acceptors (Lipinski definition) is 3. The summed E-state index contributed by atoms with van der Waals surface area (Å²) in [5, 5.41) is 29.5. The molecule has 0 fully saturated rings. The van der Waals surface area contributed by atoms with E-state index in [4.69, 9.17) is 11.6 Å². The van der Waals surface area contributed by atoms with Gasteiger partial charge >= 0.3 is 0 Å². The third-order valence-corrected chi connectivity index (χ3v) is 10.1. The van der Waals surface area contributed by atoms with Crippen molar-refractivity contribution in [1.82, 2.24) is 0 Å². The minimum atomic E-state index is -0.990. The van der Waals surface area contributed by atoms with Crippen molar-refractivity contribution in [2.75, 3.05) is 0 Å². The second-order valence-corrected chi connectivity index (χ2v) is 12.9. The summed E-state index contributed by atoms with van der Waals surface area (Å²) in [7, 11) is 0. The van der Waals surface area contributed by atoms with Crippen LogP contribution in [-0.2, 0) is 11.8 Å². The SMILES string of the molecule is Oc1ccc(-c2cccc3c2Cc2ccccc2-3)cc1Cl.Oc1ccc(C2(c3ccc(O)c(F)c3)c3ccccc3-c3ccccc32)cc1F. The van der Waals surface area contributed by atoms with Gasteiger partial charge in [-0.3, -0.25) is 0 Å². The van der Waals surface area contributed by atoms with Gasteiger partial charge in [0.1, 0.15) is 5.75 Å². The van der Waals surface area contributed by atoms with Crippen LogP contribution >= 0.6 is 11.6 Å². The van der Waals surface area contributed by atoms with Crippen molar-refractivity contribution in [3.05, 3.63) is 196 Å². The lowest BCUT2D eigenvalue weighted by molar-refractivity contribution is 0.430. The first-order valence-electron chi connectivity index (χ1n) is 16.1. The van der Waals surface area contributed by atoms with Gasteiger partial charge in [0.05, 0.1) is 10.4 Å². The molecule has 2 aliphatic carbocycles. The molecule has 0 aliphatic heterocycles. The van der Waals surface area contributed by atoms with Crippen molar-refractivity contribution in [1.29, 1.82) is 0 Å².